The van der Waals surface area contributed by atoms with Crippen LogP contribution in [0.3, 0.4) is 0 Å². The van der Waals surface area contributed by atoms with E-state index in [2.05, 4.69) is 24.4 Å². The molecule has 0 saturated heterocycles. The Morgan fingerprint density at radius 3 is 2.44 bits per heavy atom. The molecule has 2 aromatic heterocycles. The fraction of sp³-hybridized carbons (Fsp3) is 0. The van der Waals surface area contributed by atoms with E-state index in [0.29, 0.717) is 0 Å². The number of halogens is 1. The maximum Gasteiger partial charge on any atom is 0.0647 e. The van der Waals surface area contributed by atoms with Crippen LogP contribution in [0, 0.1) is 0 Å². The average molecular weight is 228 g/mol. The van der Waals surface area contributed by atoms with Crippen LogP contribution in [0.25, 0.3) is 16.6 Å². The summed E-state index contributed by atoms with van der Waals surface area (Å²) < 4.78 is 2.05. The maximum atomic E-state index is 6.14. The van der Waals surface area contributed by atoms with Crippen molar-refractivity contribution in [2.24, 2.45) is 0 Å². The van der Waals surface area contributed by atoms with Crippen molar-refractivity contribution >= 4 is 17.1 Å². The Labute approximate surface area is 98.9 Å². The monoisotopic (exact) mass is 227 g/mol. The van der Waals surface area contributed by atoms with Crippen molar-refractivity contribution in [2.45, 2.75) is 0 Å². The largest absolute Gasteiger partial charge is 0.322 e. The summed E-state index contributed by atoms with van der Waals surface area (Å²) in [7, 11) is 0. The first-order valence-corrected chi connectivity index (χ1v) is 5.54. The number of pyridine rings is 1. The number of hydrogen-bond acceptors (Lipinski definition) is 0. The number of rotatable bonds is 1. The smallest absolute Gasteiger partial charge is 0.0647 e. The number of hydrogen-bond donors (Lipinski definition) is 0. The van der Waals surface area contributed by atoms with E-state index in [4.69, 9.17) is 11.6 Å². The molecule has 2 heterocycles. The maximum absolute atomic E-state index is 6.14. The fourth-order valence-electron chi connectivity index (χ4n) is 1.89. The summed E-state index contributed by atoms with van der Waals surface area (Å²) in [5.74, 6) is 0. The van der Waals surface area contributed by atoms with Crippen molar-refractivity contribution in [3.05, 3.63) is 65.9 Å². The van der Waals surface area contributed by atoms with Crippen molar-refractivity contribution in [1.82, 2.24) is 4.40 Å². The molecule has 0 bridgehead atoms. The zero-order valence-electron chi connectivity index (χ0n) is 8.60. The second kappa shape index (κ2) is 3.69. The van der Waals surface area contributed by atoms with Gasteiger partial charge in [0.2, 0.25) is 0 Å². The molecule has 0 amide bonds. The van der Waals surface area contributed by atoms with Crippen LogP contribution in [0.4, 0.5) is 0 Å². The second-order valence-corrected chi connectivity index (χ2v) is 4.15. The highest BCUT2D eigenvalue weighted by Gasteiger charge is 2.03. The van der Waals surface area contributed by atoms with Crippen molar-refractivity contribution in [1.29, 1.82) is 0 Å². The number of fused-ring (bicyclic) bond motifs is 1. The summed E-state index contributed by atoms with van der Waals surface area (Å²) >= 11 is 6.14. The molecular formula is C14H10ClN. The lowest BCUT2D eigenvalue weighted by Crippen LogP contribution is -1.79. The third-order valence-corrected chi connectivity index (χ3v) is 3.01. The minimum Gasteiger partial charge on any atom is -0.322 e. The standard InChI is InChI=1S/C14H10ClN/c15-13-7-4-8-16-10-12(9-14(13)16)11-5-2-1-3-6-11/h1-10H. The van der Waals surface area contributed by atoms with E-state index in [-0.39, 0.29) is 0 Å². The van der Waals surface area contributed by atoms with Gasteiger partial charge in [-0.2, -0.15) is 0 Å². The lowest BCUT2D eigenvalue weighted by atomic mass is 10.1. The molecule has 0 aliphatic rings. The van der Waals surface area contributed by atoms with Crippen LogP contribution in [-0.4, -0.2) is 4.40 Å². The van der Waals surface area contributed by atoms with Gasteiger partial charge in [0, 0.05) is 18.0 Å². The summed E-state index contributed by atoms with van der Waals surface area (Å²) in [6.07, 6.45) is 4.10. The highest BCUT2D eigenvalue weighted by molar-refractivity contribution is 6.33. The van der Waals surface area contributed by atoms with Crippen LogP contribution in [0.5, 0.6) is 0 Å². The number of nitrogens with zero attached hydrogens (tertiary/aromatic N) is 1. The van der Waals surface area contributed by atoms with E-state index in [9.17, 15) is 0 Å². The predicted molar refractivity (Wildman–Crippen MR) is 67.8 cm³/mol. The first kappa shape index (κ1) is 9.49. The Morgan fingerprint density at radius 1 is 0.875 bits per heavy atom. The van der Waals surface area contributed by atoms with Gasteiger partial charge in [0.25, 0.3) is 0 Å². The van der Waals surface area contributed by atoms with Crippen molar-refractivity contribution in [2.75, 3.05) is 0 Å². The fourth-order valence-corrected chi connectivity index (χ4v) is 2.11. The second-order valence-electron chi connectivity index (χ2n) is 3.74. The van der Waals surface area contributed by atoms with Crippen LogP contribution in [0.2, 0.25) is 5.02 Å². The Bertz CT molecular complexity index is 626. The minimum atomic E-state index is 0.782. The molecule has 78 valence electrons. The molecule has 2 heteroatoms. The minimum absolute atomic E-state index is 0.782. The third-order valence-electron chi connectivity index (χ3n) is 2.69. The molecule has 3 aromatic rings. The van der Waals surface area contributed by atoms with E-state index in [1.807, 2.05) is 40.9 Å². The van der Waals surface area contributed by atoms with Crippen LogP contribution >= 0.6 is 11.6 Å². The summed E-state index contributed by atoms with van der Waals surface area (Å²) in [5, 5.41) is 0.782. The van der Waals surface area contributed by atoms with Gasteiger partial charge >= 0.3 is 0 Å². The van der Waals surface area contributed by atoms with Crippen LogP contribution in [-0.2, 0) is 0 Å². The SMILES string of the molecule is Clc1cccn2cc(-c3ccccc3)cc12. The zero-order chi connectivity index (χ0) is 11.0. The van der Waals surface area contributed by atoms with Crippen molar-refractivity contribution < 1.29 is 0 Å². The molecule has 0 saturated carbocycles. The van der Waals surface area contributed by atoms with E-state index < -0.39 is 0 Å². The lowest BCUT2D eigenvalue weighted by Gasteiger charge is -1.94. The number of benzene rings is 1. The molecule has 3 rings (SSSR count). The number of aromatic nitrogens is 1. The molecule has 0 atom stereocenters. The van der Waals surface area contributed by atoms with Gasteiger partial charge in [-0.25, -0.2) is 0 Å². The predicted octanol–water partition coefficient (Wildman–Crippen LogP) is 4.26. The van der Waals surface area contributed by atoms with E-state index in [1.165, 1.54) is 11.1 Å². The molecule has 16 heavy (non-hydrogen) atoms. The highest BCUT2D eigenvalue weighted by Crippen LogP contribution is 2.26. The first-order chi connectivity index (χ1) is 7.84. The van der Waals surface area contributed by atoms with E-state index in [0.717, 1.165) is 10.5 Å². The van der Waals surface area contributed by atoms with Gasteiger partial charge in [0.05, 0.1) is 10.5 Å². The molecule has 0 radical (unpaired) electrons. The average Bonchev–Trinajstić information content (AvgIpc) is 2.76. The topological polar surface area (TPSA) is 4.41 Å². The van der Waals surface area contributed by atoms with Gasteiger partial charge < -0.3 is 4.40 Å². The quantitative estimate of drug-likeness (QED) is 0.585. The van der Waals surface area contributed by atoms with Crippen LogP contribution in [0.15, 0.2) is 60.9 Å². The molecule has 0 fully saturated rings. The molecule has 1 aromatic carbocycles. The summed E-state index contributed by atoms with van der Waals surface area (Å²) in [6, 6.07) is 16.3. The molecule has 1 nitrogen and oxygen atoms in total. The van der Waals surface area contributed by atoms with Gasteiger partial charge in [-0.1, -0.05) is 41.9 Å². The van der Waals surface area contributed by atoms with Gasteiger partial charge in [0.15, 0.2) is 0 Å². The van der Waals surface area contributed by atoms with Crippen LogP contribution in [0.1, 0.15) is 0 Å². The molecule has 0 aliphatic heterocycles. The Balaban J connectivity index is 2.23. The first-order valence-electron chi connectivity index (χ1n) is 5.16. The van der Waals surface area contributed by atoms with Crippen molar-refractivity contribution in [3.8, 4) is 11.1 Å². The van der Waals surface area contributed by atoms with Crippen LogP contribution < -0.4 is 0 Å². The molecule has 0 spiro atoms. The summed E-state index contributed by atoms with van der Waals surface area (Å²) in [4.78, 5) is 0. The summed E-state index contributed by atoms with van der Waals surface area (Å²) in [5.41, 5.74) is 3.44. The molecular weight excluding hydrogens is 218 g/mol. The van der Waals surface area contributed by atoms with Crippen molar-refractivity contribution in [3.63, 3.8) is 0 Å². The summed E-state index contributed by atoms with van der Waals surface area (Å²) in [6.45, 7) is 0. The lowest BCUT2D eigenvalue weighted by molar-refractivity contribution is 1.20. The van der Waals surface area contributed by atoms with Gasteiger partial charge in [-0.05, 0) is 23.8 Å². The van der Waals surface area contributed by atoms with Gasteiger partial charge in [0.1, 0.15) is 0 Å². The molecule has 0 N–H and O–H groups in total. The Morgan fingerprint density at radius 2 is 1.69 bits per heavy atom. The molecule has 0 aliphatic carbocycles. The molecule has 0 unspecified atom stereocenters. The third kappa shape index (κ3) is 1.50. The van der Waals surface area contributed by atoms with Gasteiger partial charge in [-0.3, -0.25) is 0 Å². The zero-order valence-corrected chi connectivity index (χ0v) is 9.35. The van der Waals surface area contributed by atoms with Gasteiger partial charge in [-0.15, -0.1) is 0 Å². The highest BCUT2D eigenvalue weighted by atomic mass is 35.5. The Hall–Kier alpha value is -1.73. The normalized spacial score (nSPS) is 10.8. The Kier molecular flexibility index (Phi) is 2.19. The van der Waals surface area contributed by atoms with E-state index >= 15 is 0 Å². The van der Waals surface area contributed by atoms with E-state index in [1.54, 1.807) is 0 Å².